The highest BCUT2D eigenvalue weighted by molar-refractivity contribution is 8.01. The number of carbonyl (C=O) groups is 3. The molecule has 0 aliphatic carbocycles. The Balaban J connectivity index is 1.43. The summed E-state index contributed by atoms with van der Waals surface area (Å²) in [5, 5.41) is 10.3. The van der Waals surface area contributed by atoms with E-state index in [9.17, 15) is 14.4 Å². The highest BCUT2D eigenvalue weighted by Gasteiger charge is 2.13. The Hall–Kier alpha value is -3.17. The lowest BCUT2D eigenvalue weighted by Gasteiger charge is -2.13. The number of thioether (sulfide) groups is 1. The fourth-order valence-corrected chi connectivity index (χ4v) is 4.53. The van der Waals surface area contributed by atoms with Gasteiger partial charge in [-0.05, 0) is 36.8 Å². The van der Waals surface area contributed by atoms with E-state index in [-0.39, 0.29) is 35.9 Å². The molecule has 3 amide bonds. The van der Waals surface area contributed by atoms with Crippen molar-refractivity contribution in [2.75, 3.05) is 16.4 Å². The Morgan fingerprint density at radius 2 is 1.62 bits per heavy atom. The van der Waals surface area contributed by atoms with Crippen LogP contribution in [0.2, 0.25) is 0 Å². The Labute approximate surface area is 195 Å². The van der Waals surface area contributed by atoms with E-state index in [4.69, 9.17) is 0 Å². The summed E-state index contributed by atoms with van der Waals surface area (Å²) in [4.78, 5) is 40.0. The molecule has 1 unspecified atom stereocenters. The third kappa shape index (κ3) is 7.51. The highest BCUT2D eigenvalue weighted by atomic mass is 32.2. The monoisotopic (exact) mass is 468 g/mol. The van der Waals surface area contributed by atoms with Crippen LogP contribution in [0.3, 0.4) is 0 Å². The lowest BCUT2D eigenvalue weighted by atomic mass is 10.1. The molecule has 1 atom stereocenters. The highest BCUT2D eigenvalue weighted by Crippen LogP contribution is 2.23. The Kier molecular flexibility index (Phi) is 8.41. The van der Waals surface area contributed by atoms with E-state index in [2.05, 4.69) is 20.9 Å². The number of anilines is 2. The number of aromatic nitrogens is 1. The second kappa shape index (κ2) is 11.4. The zero-order chi connectivity index (χ0) is 22.9. The van der Waals surface area contributed by atoms with E-state index in [1.807, 2.05) is 42.6 Å². The quantitative estimate of drug-likeness (QED) is 0.408. The van der Waals surface area contributed by atoms with E-state index in [0.29, 0.717) is 17.1 Å². The number of thiazole rings is 1. The minimum absolute atomic E-state index is 0.0767. The molecule has 0 bridgehead atoms. The molecule has 3 aromatic rings. The van der Waals surface area contributed by atoms with Gasteiger partial charge in [-0.1, -0.05) is 42.1 Å². The lowest BCUT2D eigenvalue weighted by molar-refractivity contribution is -0.121. The molecule has 2 aromatic carbocycles. The molecular formula is C23H24N4O3S2. The third-order valence-corrected chi connectivity index (χ3v) is 6.44. The fourth-order valence-electron chi connectivity index (χ4n) is 2.88. The van der Waals surface area contributed by atoms with Crippen LogP contribution >= 0.6 is 23.1 Å². The van der Waals surface area contributed by atoms with Crippen molar-refractivity contribution in [1.29, 1.82) is 0 Å². The van der Waals surface area contributed by atoms with Crippen LogP contribution in [0.4, 0.5) is 11.4 Å². The zero-order valence-corrected chi connectivity index (χ0v) is 19.4. The normalized spacial score (nSPS) is 11.4. The summed E-state index contributed by atoms with van der Waals surface area (Å²) in [6, 6.07) is 16.6. The van der Waals surface area contributed by atoms with Gasteiger partial charge in [-0.25, -0.2) is 4.98 Å². The number of rotatable bonds is 9. The summed E-state index contributed by atoms with van der Waals surface area (Å²) in [5.41, 5.74) is 3.05. The summed E-state index contributed by atoms with van der Waals surface area (Å²) in [6.45, 7) is 3.39. The van der Waals surface area contributed by atoms with Crippen molar-refractivity contribution in [3.63, 3.8) is 0 Å². The van der Waals surface area contributed by atoms with Crippen molar-refractivity contribution in [3.8, 4) is 0 Å². The Morgan fingerprint density at radius 3 is 2.28 bits per heavy atom. The van der Waals surface area contributed by atoms with Gasteiger partial charge < -0.3 is 16.0 Å². The molecule has 1 aromatic heterocycles. The van der Waals surface area contributed by atoms with Crippen LogP contribution in [0.15, 0.2) is 64.3 Å². The van der Waals surface area contributed by atoms with Gasteiger partial charge in [0.1, 0.15) is 0 Å². The average molecular weight is 469 g/mol. The number of benzene rings is 2. The second-order valence-electron chi connectivity index (χ2n) is 7.08. The van der Waals surface area contributed by atoms with Gasteiger partial charge in [0.05, 0.1) is 23.9 Å². The van der Waals surface area contributed by atoms with Crippen LogP contribution in [0.25, 0.3) is 0 Å². The fraction of sp³-hybridized carbons (Fsp3) is 0.217. The van der Waals surface area contributed by atoms with Gasteiger partial charge in [-0.15, -0.1) is 11.3 Å². The van der Waals surface area contributed by atoms with E-state index in [1.54, 1.807) is 24.3 Å². The van der Waals surface area contributed by atoms with Crippen molar-refractivity contribution in [2.24, 2.45) is 0 Å². The van der Waals surface area contributed by atoms with Crippen LogP contribution in [0.1, 0.15) is 31.1 Å². The molecule has 0 aliphatic rings. The molecule has 3 rings (SSSR count). The van der Waals surface area contributed by atoms with Crippen molar-refractivity contribution < 1.29 is 14.4 Å². The first-order chi connectivity index (χ1) is 15.4. The zero-order valence-electron chi connectivity index (χ0n) is 17.8. The maximum absolute atomic E-state index is 12.3. The smallest absolute Gasteiger partial charge is 0.234 e. The summed E-state index contributed by atoms with van der Waals surface area (Å²) in [6.07, 6.45) is 0.196. The molecule has 0 aliphatic heterocycles. The lowest BCUT2D eigenvalue weighted by Crippen LogP contribution is -2.28. The van der Waals surface area contributed by atoms with Crippen LogP contribution in [-0.4, -0.2) is 28.5 Å². The van der Waals surface area contributed by atoms with Gasteiger partial charge in [0.25, 0.3) is 0 Å². The SMILES string of the molecule is CC(=O)Nc1ccc(NC(=O)CSc2nc(CC(=O)NC(C)c3ccccc3)cs2)cc1. The van der Waals surface area contributed by atoms with Gasteiger partial charge in [-0.2, -0.15) is 0 Å². The summed E-state index contributed by atoms with van der Waals surface area (Å²) in [7, 11) is 0. The average Bonchev–Trinajstić information content (AvgIpc) is 3.21. The largest absolute Gasteiger partial charge is 0.349 e. The first-order valence-electron chi connectivity index (χ1n) is 9.98. The van der Waals surface area contributed by atoms with Gasteiger partial charge in [0, 0.05) is 23.7 Å². The number of nitrogens with zero attached hydrogens (tertiary/aromatic N) is 1. The van der Waals surface area contributed by atoms with Crippen molar-refractivity contribution in [3.05, 3.63) is 71.2 Å². The summed E-state index contributed by atoms with van der Waals surface area (Å²) < 4.78 is 0.736. The van der Waals surface area contributed by atoms with E-state index < -0.39 is 0 Å². The maximum Gasteiger partial charge on any atom is 0.234 e. The number of carbonyl (C=O) groups excluding carboxylic acids is 3. The molecule has 7 nitrogen and oxygen atoms in total. The van der Waals surface area contributed by atoms with Gasteiger partial charge in [0.2, 0.25) is 17.7 Å². The Bertz CT molecular complexity index is 1070. The van der Waals surface area contributed by atoms with Crippen molar-refractivity contribution in [2.45, 2.75) is 30.6 Å². The number of hydrogen-bond donors (Lipinski definition) is 3. The number of nitrogens with one attached hydrogen (secondary N) is 3. The second-order valence-corrected chi connectivity index (χ2v) is 9.16. The summed E-state index contributed by atoms with van der Waals surface area (Å²) >= 11 is 2.74. The number of amides is 3. The van der Waals surface area contributed by atoms with Crippen LogP contribution < -0.4 is 16.0 Å². The summed E-state index contributed by atoms with van der Waals surface area (Å²) in [5.74, 6) is -0.196. The third-order valence-electron chi connectivity index (χ3n) is 4.37. The van der Waals surface area contributed by atoms with E-state index in [0.717, 1.165) is 9.90 Å². The van der Waals surface area contributed by atoms with Gasteiger partial charge in [0.15, 0.2) is 4.34 Å². The molecule has 1 heterocycles. The molecule has 0 saturated heterocycles. The van der Waals surface area contributed by atoms with Crippen molar-refractivity contribution >= 4 is 52.2 Å². The first-order valence-corrected chi connectivity index (χ1v) is 11.8. The topological polar surface area (TPSA) is 100 Å². The minimum atomic E-state index is -0.159. The molecule has 0 saturated carbocycles. The predicted molar refractivity (Wildman–Crippen MR) is 129 cm³/mol. The molecule has 3 N–H and O–H groups in total. The van der Waals surface area contributed by atoms with Gasteiger partial charge >= 0.3 is 0 Å². The predicted octanol–water partition coefficient (Wildman–Crippen LogP) is 4.25. The van der Waals surface area contributed by atoms with E-state index >= 15 is 0 Å². The standard InChI is InChI=1S/C23H24N4O3S2/c1-15(17-6-4-3-5-7-17)24-21(29)12-20-13-31-23(27-20)32-14-22(30)26-19-10-8-18(9-11-19)25-16(2)28/h3-11,13,15H,12,14H2,1-2H3,(H,24,29)(H,25,28)(H,26,30). The minimum Gasteiger partial charge on any atom is -0.349 e. The first kappa shape index (κ1) is 23.5. The van der Waals surface area contributed by atoms with Crippen LogP contribution in [-0.2, 0) is 20.8 Å². The van der Waals surface area contributed by atoms with Crippen LogP contribution in [0, 0.1) is 0 Å². The molecule has 0 fully saturated rings. The maximum atomic E-state index is 12.3. The number of hydrogen-bond acceptors (Lipinski definition) is 6. The van der Waals surface area contributed by atoms with Crippen LogP contribution in [0.5, 0.6) is 0 Å². The van der Waals surface area contributed by atoms with Gasteiger partial charge in [-0.3, -0.25) is 14.4 Å². The van der Waals surface area contributed by atoms with Crippen molar-refractivity contribution in [1.82, 2.24) is 10.3 Å². The molecule has 32 heavy (non-hydrogen) atoms. The molecular weight excluding hydrogens is 444 g/mol. The molecule has 0 radical (unpaired) electrons. The molecule has 0 spiro atoms. The van der Waals surface area contributed by atoms with E-state index in [1.165, 1.54) is 30.0 Å². The Morgan fingerprint density at radius 1 is 0.969 bits per heavy atom. The molecule has 166 valence electrons. The molecule has 9 heteroatoms.